The van der Waals surface area contributed by atoms with Crippen molar-refractivity contribution in [3.8, 4) is 0 Å². The number of halogens is 1. The Bertz CT molecular complexity index is 576. The highest BCUT2D eigenvalue weighted by Gasteiger charge is 2.14. The fourth-order valence-corrected chi connectivity index (χ4v) is 3.71. The smallest absolute Gasteiger partial charge is 0.271 e. The van der Waals surface area contributed by atoms with E-state index in [2.05, 4.69) is 20.7 Å². The van der Waals surface area contributed by atoms with E-state index in [-0.39, 0.29) is 0 Å². The van der Waals surface area contributed by atoms with Gasteiger partial charge in [0.15, 0.2) is 0 Å². The Morgan fingerprint density at radius 1 is 1.18 bits per heavy atom. The Morgan fingerprint density at radius 2 is 1.88 bits per heavy atom. The van der Waals surface area contributed by atoms with Crippen molar-refractivity contribution in [1.29, 1.82) is 0 Å². The van der Waals surface area contributed by atoms with E-state index < -0.39 is 10.0 Å². The molecular weight excluding hydrogens is 322 g/mol. The molecule has 0 aliphatic heterocycles. The van der Waals surface area contributed by atoms with Gasteiger partial charge in [0.1, 0.15) is 4.21 Å². The summed E-state index contributed by atoms with van der Waals surface area (Å²) in [7, 11) is -3.43. The first-order valence-electron chi connectivity index (χ1n) is 4.83. The molecule has 0 saturated heterocycles. The number of alkyl halides is 1. The largest absolute Gasteiger partial charge is 0.279 e. The minimum absolute atomic E-state index is 0.321. The molecule has 0 radical (unpaired) electrons. The van der Waals surface area contributed by atoms with Crippen LogP contribution in [0.5, 0.6) is 0 Å². The molecule has 2 aromatic rings. The maximum absolute atomic E-state index is 11.9. The van der Waals surface area contributed by atoms with Crippen LogP contribution in [0.3, 0.4) is 0 Å². The van der Waals surface area contributed by atoms with Crippen LogP contribution in [0, 0.1) is 0 Å². The molecule has 90 valence electrons. The van der Waals surface area contributed by atoms with Crippen molar-refractivity contribution >= 4 is 43.0 Å². The highest BCUT2D eigenvalue weighted by Crippen LogP contribution is 2.20. The van der Waals surface area contributed by atoms with Crippen molar-refractivity contribution in [1.82, 2.24) is 0 Å². The summed E-state index contributed by atoms with van der Waals surface area (Å²) >= 11 is 4.54. The summed E-state index contributed by atoms with van der Waals surface area (Å²) in [6.07, 6.45) is 0. The molecule has 0 bridgehead atoms. The molecule has 1 aromatic carbocycles. The summed E-state index contributed by atoms with van der Waals surface area (Å²) < 4.78 is 26.7. The van der Waals surface area contributed by atoms with Gasteiger partial charge >= 0.3 is 0 Å². The number of rotatable bonds is 4. The van der Waals surface area contributed by atoms with Gasteiger partial charge in [-0.1, -0.05) is 34.1 Å². The first-order valence-corrected chi connectivity index (χ1v) is 8.31. The average Bonchev–Trinajstić information content (AvgIpc) is 2.84. The topological polar surface area (TPSA) is 46.2 Å². The zero-order valence-corrected chi connectivity index (χ0v) is 12.0. The van der Waals surface area contributed by atoms with Gasteiger partial charge in [-0.3, -0.25) is 4.72 Å². The van der Waals surface area contributed by atoms with Crippen molar-refractivity contribution in [3.63, 3.8) is 0 Å². The van der Waals surface area contributed by atoms with Gasteiger partial charge in [0.25, 0.3) is 10.0 Å². The molecule has 0 aliphatic carbocycles. The molecule has 3 nitrogen and oxygen atoms in total. The van der Waals surface area contributed by atoms with Crippen LogP contribution in [0.4, 0.5) is 5.69 Å². The van der Waals surface area contributed by atoms with E-state index in [1.54, 1.807) is 29.6 Å². The molecule has 0 fully saturated rings. The number of nitrogens with one attached hydrogen (secondary N) is 1. The second kappa shape index (κ2) is 5.20. The molecule has 17 heavy (non-hydrogen) atoms. The van der Waals surface area contributed by atoms with Gasteiger partial charge in [0, 0.05) is 11.0 Å². The third-order valence-corrected chi connectivity index (χ3v) is 5.55. The Labute approximate surface area is 113 Å². The second-order valence-electron chi connectivity index (χ2n) is 3.37. The predicted molar refractivity (Wildman–Crippen MR) is 74.2 cm³/mol. The van der Waals surface area contributed by atoms with Crippen molar-refractivity contribution in [2.24, 2.45) is 0 Å². The summed E-state index contributed by atoms with van der Waals surface area (Å²) in [5.74, 6) is 0. The highest BCUT2D eigenvalue weighted by atomic mass is 79.9. The Hall–Kier alpha value is -0.850. The van der Waals surface area contributed by atoms with Crippen LogP contribution in [0.15, 0.2) is 46.0 Å². The van der Waals surface area contributed by atoms with Crippen LogP contribution in [0.2, 0.25) is 0 Å². The summed E-state index contributed by atoms with van der Waals surface area (Å²) in [5.41, 5.74) is 1.67. The predicted octanol–water partition coefficient (Wildman–Crippen LogP) is 3.44. The van der Waals surface area contributed by atoms with Crippen LogP contribution in [0.1, 0.15) is 5.56 Å². The molecule has 1 heterocycles. The lowest BCUT2D eigenvalue weighted by Crippen LogP contribution is -2.11. The minimum atomic E-state index is -3.43. The highest BCUT2D eigenvalue weighted by molar-refractivity contribution is 9.08. The zero-order valence-electron chi connectivity index (χ0n) is 8.76. The minimum Gasteiger partial charge on any atom is -0.279 e. The van der Waals surface area contributed by atoms with E-state index in [0.717, 1.165) is 10.9 Å². The first-order chi connectivity index (χ1) is 8.12. The maximum Gasteiger partial charge on any atom is 0.271 e. The summed E-state index contributed by atoms with van der Waals surface area (Å²) in [5, 5.41) is 2.49. The number of benzene rings is 1. The normalized spacial score (nSPS) is 11.4. The lowest BCUT2D eigenvalue weighted by atomic mass is 10.2. The number of sulfonamides is 1. The van der Waals surface area contributed by atoms with E-state index in [4.69, 9.17) is 0 Å². The van der Waals surface area contributed by atoms with Crippen LogP contribution in [-0.2, 0) is 15.4 Å². The number of thiophene rings is 1. The van der Waals surface area contributed by atoms with Gasteiger partial charge in [-0.15, -0.1) is 11.3 Å². The summed E-state index contributed by atoms with van der Waals surface area (Å²) in [6, 6.07) is 10.6. The quantitative estimate of drug-likeness (QED) is 0.872. The maximum atomic E-state index is 11.9. The van der Waals surface area contributed by atoms with Gasteiger partial charge in [0.2, 0.25) is 0 Å². The average molecular weight is 332 g/mol. The molecule has 0 aliphatic rings. The third-order valence-electron chi connectivity index (χ3n) is 2.12. The molecule has 1 N–H and O–H groups in total. The van der Waals surface area contributed by atoms with E-state index in [1.807, 2.05) is 12.1 Å². The fraction of sp³-hybridized carbons (Fsp3) is 0.0909. The van der Waals surface area contributed by atoms with Crippen molar-refractivity contribution in [3.05, 3.63) is 47.3 Å². The zero-order chi connectivity index (χ0) is 12.3. The van der Waals surface area contributed by atoms with Crippen molar-refractivity contribution in [2.45, 2.75) is 9.54 Å². The Kier molecular flexibility index (Phi) is 3.86. The number of hydrogen-bond donors (Lipinski definition) is 1. The summed E-state index contributed by atoms with van der Waals surface area (Å²) in [4.78, 5) is 0. The fourth-order valence-electron chi connectivity index (χ4n) is 1.28. The van der Waals surface area contributed by atoms with Crippen LogP contribution >= 0.6 is 27.3 Å². The van der Waals surface area contributed by atoms with Crippen LogP contribution in [-0.4, -0.2) is 8.42 Å². The second-order valence-corrected chi connectivity index (χ2v) is 6.79. The standard InChI is InChI=1S/C11H10BrNO2S2/c12-8-9-3-5-10(6-4-9)13-17(14,15)11-2-1-7-16-11/h1-7,13H,8H2. The van der Waals surface area contributed by atoms with Crippen molar-refractivity contribution in [2.75, 3.05) is 4.72 Å². The molecule has 0 atom stereocenters. The molecule has 0 unspecified atom stereocenters. The first kappa shape index (κ1) is 12.6. The monoisotopic (exact) mass is 331 g/mol. The molecule has 0 saturated carbocycles. The molecule has 0 spiro atoms. The number of anilines is 1. The number of hydrogen-bond acceptors (Lipinski definition) is 3. The Balaban J connectivity index is 2.21. The van der Waals surface area contributed by atoms with Crippen LogP contribution in [0.25, 0.3) is 0 Å². The van der Waals surface area contributed by atoms with Gasteiger partial charge in [-0.25, -0.2) is 8.42 Å². The van der Waals surface area contributed by atoms with Gasteiger partial charge < -0.3 is 0 Å². The summed E-state index contributed by atoms with van der Waals surface area (Å²) in [6.45, 7) is 0. The van der Waals surface area contributed by atoms with Gasteiger partial charge in [-0.2, -0.15) is 0 Å². The van der Waals surface area contributed by atoms with Gasteiger partial charge in [-0.05, 0) is 29.1 Å². The molecule has 6 heteroatoms. The van der Waals surface area contributed by atoms with Gasteiger partial charge in [0.05, 0.1) is 0 Å². The van der Waals surface area contributed by atoms with E-state index in [9.17, 15) is 8.42 Å². The molecule has 1 aromatic heterocycles. The van der Waals surface area contributed by atoms with E-state index in [1.165, 1.54) is 11.3 Å². The van der Waals surface area contributed by atoms with Crippen molar-refractivity contribution < 1.29 is 8.42 Å². The third kappa shape index (κ3) is 3.08. The van der Waals surface area contributed by atoms with E-state index >= 15 is 0 Å². The molecule has 0 amide bonds. The Morgan fingerprint density at radius 3 is 2.41 bits per heavy atom. The molecular formula is C11H10BrNO2S2. The van der Waals surface area contributed by atoms with Crippen LogP contribution < -0.4 is 4.72 Å². The lowest BCUT2D eigenvalue weighted by Gasteiger charge is -2.06. The van der Waals surface area contributed by atoms with E-state index in [0.29, 0.717) is 9.90 Å². The lowest BCUT2D eigenvalue weighted by molar-refractivity contribution is 0.603. The molecule has 2 rings (SSSR count). The SMILES string of the molecule is O=S(=O)(Nc1ccc(CBr)cc1)c1cccs1.